The van der Waals surface area contributed by atoms with Crippen molar-refractivity contribution in [3.63, 3.8) is 0 Å². The van der Waals surface area contributed by atoms with Crippen LogP contribution in [0, 0.1) is 23.4 Å². The predicted molar refractivity (Wildman–Crippen MR) is 156 cm³/mol. The lowest BCUT2D eigenvalue weighted by Crippen LogP contribution is -2.50. The average molecular weight is 605 g/mol. The fourth-order valence-electron chi connectivity index (χ4n) is 6.31. The van der Waals surface area contributed by atoms with Gasteiger partial charge in [0, 0.05) is 48.0 Å². The largest absolute Gasteiger partial charge is 0.395 e. The van der Waals surface area contributed by atoms with Gasteiger partial charge in [-0.2, -0.15) is 0 Å². The second-order valence-corrected chi connectivity index (χ2v) is 13.0. The van der Waals surface area contributed by atoms with E-state index >= 15 is 0 Å². The zero-order chi connectivity index (χ0) is 30.0. The number of aliphatic hydroxyl groups excluding tert-OH is 1. The van der Waals surface area contributed by atoms with Crippen LogP contribution in [-0.4, -0.2) is 79.3 Å². The highest BCUT2D eigenvalue weighted by atomic mass is 32.2. The molecule has 0 aliphatic carbocycles. The minimum absolute atomic E-state index is 0.0163. The molecule has 1 unspecified atom stereocenters. The maximum atomic E-state index is 13.5. The van der Waals surface area contributed by atoms with Crippen LogP contribution in [0.3, 0.4) is 0 Å². The van der Waals surface area contributed by atoms with Gasteiger partial charge in [-0.3, -0.25) is 14.4 Å². The van der Waals surface area contributed by atoms with Gasteiger partial charge < -0.3 is 15.0 Å². The van der Waals surface area contributed by atoms with Crippen molar-refractivity contribution in [3.05, 3.63) is 71.2 Å². The van der Waals surface area contributed by atoms with Crippen molar-refractivity contribution in [2.45, 2.75) is 37.6 Å². The summed E-state index contributed by atoms with van der Waals surface area (Å²) in [5.41, 5.74) is 2.71. The van der Waals surface area contributed by atoms with Crippen LogP contribution < -0.4 is 4.72 Å². The number of halogens is 3. The number of nitrogens with one attached hydrogen (secondary N) is 2. The number of H-pyrrole nitrogens is 1. The highest BCUT2D eigenvalue weighted by Gasteiger charge is 2.34. The zero-order valence-electron chi connectivity index (χ0n) is 23.3. The molecule has 2 fully saturated rings. The lowest BCUT2D eigenvalue weighted by atomic mass is 9.84. The number of aromatic amines is 1. The first-order chi connectivity index (χ1) is 20.0. The number of carbonyl (C=O) groups excluding carboxylic acids is 1. The molecule has 2 aliphatic rings. The molecule has 226 valence electrons. The van der Waals surface area contributed by atoms with Crippen LogP contribution in [0.1, 0.15) is 42.7 Å². The van der Waals surface area contributed by atoms with Crippen molar-refractivity contribution < 1.29 is 31.5 Å². The fourth-order valence-corrected chi connectivity index (χ4v) is 6.87. The lowest BCUT2D eigenvalue weighted by molar-refractivity contribution is -0.127. The molecule has 0 radical (unpaired) electrons. The molecule has 3 N–H and O–H groups in total. The molecule has 2 aliphatic heterocycles. The standard InChI is InChI=1S/C30H35F3N4O4S/c1-42(40,41)35-22-3-4-27-23(16-22)24(17-34-27)20-6-10-36(11-7-20)28(18-38)21-8-12-37(13-9-21)29(39)5-2-19-14-25(31)30(33)26(32)15-19/h2-5,14-17,20-21,28,34-35,38H,6-13,18H2,1H3/b5-2+. The maximum absolute atomic E-state index is 13.5. The molecule has 12 heteroatoms. The summed E-state index contributed by atoms with van der Waals surface area (Å²) < 4.78 is 66.0. The van der Waals surface area contributed by atoms with Crippen LogP contribution in [0.2, 0.25) is 0 Å². The first kappa shape index (κ1) is 30.1. The Hall–Kier alpha value is -3.35. The van der Waals surface area contributed by atoms with Gasteiger partial charge in [0.05, 0.1) is 12.9 Å². The number of likely N-dealkylation sites (tertiary alicyclic amines) is 2. The molecule has 1 aromatic heterocycles. The summed E-state index contributed by atoms with van der Waals surface area (Å²) in [6.45, 7) is 2.67. The van der Waals surface area contributed by atoms with E-state index in [0.29, 0.717) is 24.7 Å². The minimum Gasteiger partial charge on any atom is -0.395 e. The Bertz CT molecular complexity index is 1550. The Labute approximate surface area is 243 Å². The number of amides is 1. The lowest BCUT2D eigenvalue weighted by Gasteiger charge is -2.43. The second-order valence-electron chi connectivity index (χ2n) is 11.2. The first-order valence-corrected chi connectivity index (χ1v) is 16.0. The second kappa shape index (κ2) is 12.5. The molecule has 2 saturated heterocycles. The van der Waals surface area contributed by atoms with Crippen LogP contribution in [0.15, 0.2) is 42.6 Å². The normalized spacial score (nSPS) is 18.6. The molecule has 42 heavy (non-hydrogen) atoms. The van der Waals surface area contributed by atoms with Crippen molar-refractivity contribution in [2.24, 2.45) is 5.92 Å². The van der Waals surface area contributed by atoms with Gasteiger partial charge in [-0.1, -0.05) is 0 Å². The molecule has 3 aromatic rings. The Morgan fingerprint density at radius 1 is 1.07 bits per heavy atom. The number of nitrogens with zero attached hydrogens (tertiary/aromatic N) is 2. The maximum Gasteiger partial charge on any atom is 0.246 e. The van der Waals surface area contributed by atoms with Crippen molar-refractivity contribution in [1.82, 2.24) is 14.8 Å². The Balaban J connectivity index is 1.15. The molecule has 0 bridgehead atoms. The summed E-state index contributed by atoms with van der Waals surface area (Å²) in [6.07, 6.45) is 8.90. The zero-order valence-corrected chi connectivity index (χ0v) is 24.1. The van der Waals surface area contributed by atoms with E-state index in [9.17, 15) is 31.5 Å². The third kappa shape index (κ3) is 6.82. The smallest absolute Gasteiger partial charge is 0.246 e. The third-order valence-electron chi connectivity index (χ3n) is 8.46. The number of carbonyl (C=O) groups is 1. The SMILES string of the molecule is CS(=O)(=O)Nc1ccc2[nH]cc(C3CCN(C(CO)C4CCN(C(=O)/C=C/c5cc(F)c(F)c(F)c5)CC4)CC3)c2c1. The summed E-state index contributed by atoms with van der Waals surface area (Å²) in [7, 11) is -3.38. The first-order valence-electron chi connectivity index (χ1n) is 14.1. The van der Waals surface area contributed by atoms with E-state index in [1.165, 1.54) is 12.2 Å². The minimum atomic E-state index is -3.38. The van der Waals surface area contributed by atoms with Gasteiger partial charge in [-0.25, -0.2) is 21.6 Å². The quantitative estimate of drug-likeness (QED) is 0.260. The topological polar surface area (TPSA) is 106 Å². The van der Waals surface area contributed by atoms with Crippen LogP contribution >= 0.6 is 0 Å². The van der Waals surface area contributed by atoms with E-state index in [1.807, 2.05) is 18.3 Å². The van der Waals surface area contributed by atoms with Crippen LogP contribution in [0.5, 0.6) is 0 Å². The van der Waals surface area contributed by atoms with E-state index in [-0.39, 0.29) is 30.0 Å². The van der Waals surface area contributed by atoms with E-state index < -0.39 is 27.5 Å². The number of sulfonamides is 1. The Morgan fingerprint density at radius 3 is 2.36 bits per heavy atom. The molecular weight excluding hydrogens is 569 g/mol. The predicted octanol–water partition coefficient (Wildman–Crippen LogP) is 4.45. The number of fused-ring (bicyclic) bond motifs is 1. The average Bonchev–Trinajstić information content (AvgIpc) is 3.38. The third-order valence-corrected chi connectivity index (χ3v) is 9.07. The molecule has 0 spiro atoms. The number of hydrogen-bond acceptors (Lipinski definition) is 5. The number of benzene rings is 2. The van der Waals surface area contributed by atoms with E-state index in [0.717, 1.165) is 73.6 Å². The van der Waals surface area contributed by atoms with Gasteiger partial charge >= 0.3 is 0 Å². The summed E-state index contributed by atoms with van der Waals surface area (Å²) in [5, 5.41) is 11.3. The Kier molecular flexibility index (Phi) is 8.95. The molecule has 3 heterocycles. The van der Waals surface area contributed by atoms with E-state index in [1.54, 1.807) is 11.0 Å². The van der Waals surface area contributed by atoms with Gasteiger partial charge in [0.15, 0.2) is 17.5 Å². The molecule has 1 atom stereocenters. The van der Waals surface area contributed by atoms with Gasteiger partial charge in [-0.05, 0) is 98.1 Å². The van der Waals surface area contributed by atoms with Crippen molar-refractivity contribution in [2.75, 3.05) is 43.8 Å². The summed E-state index contributed by atoms with van der Waals surface area (Å²) in [6, 6.07) is 7.15. The molecule has 5 rings (SSSR count). The monoisotopic (exact) mass is 604 g/mol. The van der Waals surface area contributed by atoms with Gasteiger partial charge in [0.1, 0.15) is 0 Å². The Morgan fingerprint density at radius 2 is 1.74 bits per heavy atom. The van der Waals surface area contributed by atoms with Crippen LogP contribution in [-0.2, 0) is 14.8 Å². The molecule has 8 nitrogen and oxygen atoms in total. The van der Waals surface area contributed by atoms with Crippen LogP contribution in [0.4, 0.5) is 18.9 Å². The van der Waals surface area contributed by atoms with Crippen molar-refractivity contribution in [1.29, 1.82) is 0 Å². The van der Waals surface area contributed by atoms with Gasteiger partial charge in [-0.15, -0.1) is 0 Å². The number of anilines is 1. The molecule has 1 amide bonds. The van der Waals surface area contributed by atoms with Crippen molar-refractivity contribution in [3.8, 4) is 0 Å². The number of aromatic nitrogens is 1. The fraction of sp³-hybridized carbons (Fsp3) is 0.433. The van der Waals surface area contributed by atoms with Crippen LogP contribution in [0.25, 0.3) is 17.0 Å². The summed E-state index contributed by atoms with van der Waals surface area (Å²) in [5.74, 6) is -3.92. The number of hydrogen-bond donors (Lipinski definition) is 3. The van der Waals surface area contributed by atoms with E-state index in [4.69, 9.17) is 0 Å². The number of piperidine rings is 2. The molecule has 0 saturated carbocycles. The molecular formula is C30H35F3N4O4S. The van der Waals surface area contributed by atoms with Gasteiger partial charge in [0.2, 0.25) is 15.9 Å². The highest BCUT2D eigenvalue weighted by molar-refractivity contribution is 7.92. The number of rotatable bonds is 8. The molecule has 2 aromatic carbocycles. The number of aliphatic hydroxyl groups is 1. The van der Waals surface area contributed by atoms with Crippen molar-refractivity contribution >= 4 is 38.6 Å². The summed E-state index contributed by atoms with van der Waals surface area (Å²) >= 11 is 0. The van der Waals surface area contributed by atoms with E-state index in [2.05, 4.69) is 14.6 Å². The summed E-state index contributed by atoms with van der Waals surface area (Å²) in [4.78, 5) is 20.0. The van der Waals surface area contributed by atoms with Gasteiger partial charge in [0.25, 0.3) is 0 Å². The highest BCUT2D eigenvalue weighted by Crippen LogP contribution is 2.36.